The molecule has 3 aromatic rings. The molecule has 3 aromatic heterocycles. The van der Waals surface area contributed by atoms with Crippen molar-refractivity contribution >= 4 is 22.5 Å². The van der Waals surface area contributed by atoms with Gasteiger partial charge in [0.25, 0.3) is 5.56 Å². The van der Waals surface area contributed by atoms with Gasteiger partial charge in [0, 0.05) is 38.4 Å². The van der Waals surface area contributed by atoms with Crippen molar-refractivity contribution in [2.75, 3.05) is 49.6 Å². The second-order valence-electron chi connectivity index (χ2n) is 6.98. The first-order valence-electron chi connectivity index (χ1n) is 9.77. The number of aromatic nitrogens is 4. The number of nitrogens with zero attached hydrogens (tertiary/aromatic N) is 5. The van der Waals surface area contributed by atoms with Gasteiger partial charge in [0.15, 0.2) is 0 Å². The number of ether oxygens (including phenoxy) is 1. The van der Waals surface area contributed by atoms with Crippen molar-refractivity contribution in [1.29, 1.82) is 0 Å². The highest BCUT2D eigenvalue weighted by molar-refractivity contribution is 5.91. The summed E-state index contributed by atoms with van der Waals surface area (Å²) in [6.07, 6.45) is 4.12. The highest BCUT2D eigenvalue weighted by Crippen LogP contribution is 2.25. The second kappa shape index (κ2) is 8.54. The highest BCUT2D eigenvalue weighted by Gasteiger charge is 2.15. The average molecular weight is 395 g/mol. The molecule has 9 nitrogen and oxygen atoms in total. The van der Waals surface area contributed by atoms with E-state index in [2.05, 4.69) is 20.2 Å². The molecule has 0 aromatic carbocycles. The smallest absolute Gasteiger partial charge is 0.264 e. The van der Waals surface area contributed by atoms with Gasteiger partial charge in [0.1, 0.15) is 17.0 Å². The lowest BCUT2D eigenvalue weighted by molar-refractivity contribution is 0.122. The first kappa shape index (κ1) is 19.3. The van der Waals surface area contributed by atoms with E-state index in [0.29, 0.717) is 43.0 Å². The molecule has 0 saturated carbocycles. The van der Waals surface area contributed by atoms with Crippen molar-refractivity contribution < 1.29 is 4.74 Å². The molecular formula is C20H25N7O2. The Kier molecular flexibility index (Phi) is 5.68. The van der Waals surface area contributed by atoms with Crippen LogP contribution in [-0.4, -0.2) is 58.9 Å². The molecule has 1 fully saturated rings. The van der Waals surface area contributed by atoms with Crippen LogP contribution in [0.25, 0.3) is 22.2 Å². The van der Waals surface area contributed by atoms with Crippen LogP contribution in [0.5, 0.6) is 0 Å². The molecule has 0 bridgehead atoms. The van der Waals surface area contributed by atoms with Gasteiger partial charge in [-0.2, -0.15) is 0 Å². The number of hydrogen-bond acceptors (Lipinski definition) is 8. The van der Waals surface area contributed by atoms with Crippen molar-refractivity contribution in [2.24, 2.45) is 12.8 Å². The topological polar surface area (TPSA) is 111 Å². The molecule has 1 saturated heterocycles. The Labute approximate surface area is 168 Å². The summed E-state index contributed by atoms with van der Waals surface area (Å²) < 4.78 is 6.85. The Morgan fingerprint density at radius 1 is 1.24 bits per heavy atom. The van der Waals surface area contributed by atoms with Crippen LogP contribution >= 0.6 is 0 Å². The third kappa shape index (κ3) is 4.06. The number of nitrogens with two attached hydrogens (primary N) is 1. The van der Waals surface area contributed by atoms with E-state index < -0.39 is 0 Å². The van der Waals surface area contributed by atoms with Gasteiger partial charge < -0.3 is 25.3 Å². The van der Waals surface area contributed by atoms with Crippen LogP contribution in [-0.2, 0) is 11.8 Å². The number of nitrogens with one attached hydrogen (secondary N) is 1. The lowest BCUT2D eigenvalue weighted by atomic mass is 10.1. The molecule has 3 N–H and O–H groups in total. The Bertz CT molecular complexity index is 1040. The molecule has 4 rings (SSSR count). The van der Waals surface area contributed by atoms with Crippen LogP contribution in [0.2, 0.25) is 0 Å². The number of rotatable bonds is 6. The molecule has 1 aliphatic rings. The number of hydrogen-bond donors (Lipinski definition) is 2. The second-order valence-corrected chi connectivity index (χ2v) is 6.98. The summed E-state index contributed by atoms with van der Waals surface area (Å²) in [6.45, 7) is 4.30. The lowest BCUT2D eigenvalue weighted by Gasteiger charge is -2.27. The molecule has 1 aliphatic heterocycles. The van der Waals surface area contributed by atoms with Gasteiger partial charge in [-0.1, -0.05) is 0 Å². The molecular weight excluding hydrogens is 370 g/mol. The third-order valence-electron chi connectivity index (χ3n) is 4.95. The molecule has 152 valence electrons. The molecule has 0 radical (unpaired) electrons. The zero-order valence-electron chi connectivity index (χ0n) is 16.5. The van der Waals surface area contributed by atoms with Gasteiger partial charge >= 0.3 is 0 Å². The van der Waals surface area contributed by atoms with E-state index in [1.807, 2.05) is 24.4 Å². The number of morpholine rings is 1. The Hall–Kier alpha value is -3.04. The maximum absolute atomic E-state index is 12.6. The summed E-state index contributed by atoms with van der Waals surface area (Å²) in [5.41, 5.74) is 7.65. The van der Waals surface area contributed by atoms with Crippen molar-refractivity contribution in [3.8, 4) is 11.3 Å². The Balaban J connectivity index is 1.71. The van der Waals surface area contributed by atoms with E-state index in [4.69, 9.17) is 15.5 Å². The van der Waals surface area contributed by atoms with Crippen LogP contribution in [0, 0.1) is 0 Å². The number of aryl methyl sites for hydroxylation is 1. The number of fused-ring (bicyclic) bond motifs is 1. The molecule has 0 amide bonds. The summed E-state index contributed by atoms with van der Waals surface area (Å²) in [5, 5.41) is 3.72. The number of anilines is 2. The predicted molar refractivity (Wildman–Crippen MR) is 113 cm³/mol. The van der Waals surface area contributed by atoms with Crippen LogP contribution in [0.3, 0.4) is 0 Å². The van der Waals surface area contributed by atoms with Gasteiger partial charge in [-0.25, -0.2) is 15.0 Å². The molecule has 0 spiro atoms. The van der Waals surface area contributed by atoms with Gasteiger partial charge in [0.2, 0.25) is 0 Å². The fraction of sp³-hybridized carbons (Fsp3) is 0.400. The summed E-state index contributed by atoms with van der Waals surface area (Å²) in [7, 11) is 1.68. The normalized spacial score (nSPS) is 14.3. The van der Waals surface area contributed by atoms with Crippen molar-refractivity contribution in [3.05, 3.63) is 41.1 Å². The summed E-state index contributed by atoms with van der Waals surface area (Å²) in [6, 6.07) is 5.82. The maximum Gasteiger partial charge on any atom is 0.264 e. The van der Waals surface area contributed by atoms with Crippen LogP contribution in [0.15, 0.2) is 35.5 Å². The predicted octanol–water partition coefficient (Wildman–Crippen LogP) is 0.988. The van der Waals surface area contributed by atoms with Crippen LogP contribution < -0.4 is 21.5 Å². The van der Waals surface area contributed by atoms with Gasteiger partial charge in [0.05, 0.1) is 30.8 Å². The first-order chi connectivity index (χ1) is 14.2. The Morgan fingerprint density at radius 3 is 2.79 bits per heavy atom. The molecule has 0 unspecified atom stereocenters. The van der Waals surface area contributed by atoms with Gasteiger partial charge in [-0.15, -0.1) is 0 Å². The Morgan fingerprint density at radius 2 is 2.07 bits per heavy atom. The van der Waals surface area contributed by atoms with E-state index in [0.717, 1.165) is 36.6 Å². The van der Waals surface area contributed by atoms with E-state index in [-0.39, 0.29) is 5.56 Å². The molecule has 9 heteroatoms. The fourth-order valence-electron chi connectivity index (χ4n) is 3.32. The molecule has 0 aliphatic carbocycles. The van der Waals surface area contributed by atoms with E-state index in [1.165, 1.54) is 10.9 Å². The lowest BCUT2D eigenvalue weighted by Crippen LogP contribution is -2.36. The third-order valence-corrected chi connectivity index (χ3v) is 4.95. The van der Waals surface area contributed by atoms with Crippen molar-refractivity contribution in [3.63, 3.8) is 0 Å². The minimum Gasteiger partial charge on any atom is -0.378 e. The maximum atomic E-state index is 12.6. The van der Waals surface area contributed by atoms with Crippen molar-refractivity contribution in [2.45, 2.75) is 6.42 Å². The highest BCUT2D eigenvalue weighted by atomic mass is 16.5. The quantitative estimate of drug-likeness (QED) is 0.595. The standard InChI is InChI=1S/C20H25N7O2/c1-26-13-24-16-11-15(25-19(18(16)20(26)28)22-6-2-5-21)14-3-4-17(23-12-14)27-7-9-29-10-8-27/h3-4,11-13H,2,5-10,21H2,1H3,(H,22,25). The largest absolute Gasteiger partial charge is 0.378 e. The minimum atomic E-state index is -0.134. The van der Waals surface area contributed by atoms with Crippen molar-refractivity contribution in [1.82, 2.24) is 19.5 Å². The fourth-order valence-corrected chi connectivity index (χ4v) is 3.32. The summed E-state index contributed by atoms with van der Waals surface area (Å²) in [4.78, 5) is 28.6. The summed E-state index contributed by atoms with van der Waals surface area (Å²) in [5.74, 6) is 1.45. The van der Waals surface area contributed by atoms with Gasteiger partial charge in [-0.05, 0) is 31.2 Å². The minimum absolute atomic E-state index is 0.134. The van der Waals surface area contributed by atoms with Crippen LogP contribution in [0.1, 0.15) is 6.42 Å². The zero-order chi connectivity index (χ0) is 20.2. The SMILES string of the molecule is Cn1cnc2cc(-c3ccc(N4CCOCC4)nc3)nc(NCCCN)c2c1=O. The van der Waals surface area contributed by atoms with Gasteiger partial charge in [-0.3, -0.25) is 4.79 Å². The van der Waals surface area contributed by atoms with E-state index in [9.17, 15) is 4.79 Å². The van der Waals surface area contributed by atoms with E-state index >= 15 is 0 Å². The summed E-state index contributed by atoms with van der Waals surface area (Å²) >= 11 is 0. The average Bonchev–Trinajstić information content (AvgIpc) is 2.77. The molecule has 29 heavy (non-hydrogen) atoms. The number of pyridine rings is 2. The zero-order valence-corrected chi connectivity index (χ0v) is 16.5. The van der Waals surface area contributed by atoms with Crippen LogP contribution in [0.4, 0.5) is 11.6 Å². The van der Waals surface area contributed by atoms with E-state index in [1.54, 1.807) is 7.05 Å². The molecule has 0 atom stereocenters. The monoisotopic (exact) mass is 395 g/mol. The molecule has 4 heterocycles. The first-order valence-corrected chi connectivity index (χ1v) is 9.77.